The lowest BCUT2D eigenvalue weighted by Gasteiger charge is -2.10. The number of hydrogen-bond donors (Lipinski definition) is 1. The summed E-state index contributed by atoms with van der Waals surface area (Å²) in [6, 6.07) is 7.64. The summed E-state index contributed by atoms with van der Waals surface area (Å²) in [7, 11) is 1.43. The van der Waals surface area contributed by atoms with Gasteiger partial charge in [-0.05, 0) is 36.8 Å². The van der Waals surface area contributed by atoms with Gasteiger partial charge in [0.1, 0.15) is 18.1 Å². The van der Waals surface area contributed by atoms with Gasteiger partial charge in [-0.25, -0.2) is 13.2 Å². The van der Waals surface area contributed by atoms with E-state index in [2.05, 4.69) is 5.32 Å². The number of nitrogens with one attached hydrogen (secondary N) is 1. The van der Waals surface area contributed by atoms with Gasteiger partial charge in [0.25, 0.3) is 5.91 Å². The second-order valence-electron chi connectivity index (χ2n) is 6.11. The summed E-state index contributed by atoms with van der Waals surface area (Å²) >= 11 is 0. The first-order chi connectivity index (χ1) is 14.2. The summed E-state index contributed by atoms with van der Waals surface area (Å²) in [5.41, 5.74) is 1.25. The molecule has 0 fully saturated rings. The molecular formula is C20H14F5NO4. The highest BCUT2D eigenvalue weighted by molar-refractivity contribution is 6.03. The van der Waals surface area contributed by atoms with Crippen molar-refractivity contribution in [1.29, 1.82) is 0 Å². The second-order valence-corrected chi connectivity index (χ2v) is 6.11. The Hall–Kier alpha value is -3.56. The molecule has 0 bridgehead atoms. The molecule has 10 heteroatoms. The van der Waals surface area contributed by atoms with Crippen LogP contribution in [0.5, 0.6) is 11.5 Å². The van der Waals surface area contributed by atoms with E-state index in [0.717, 1.165) is 5.56 Å². The zero-order valence-electron chi connectivity index (χ0n) is 15.6. The van der Waals surface area contributed by atoms with Gasteiger partial charge in [0, 0.05) is 0 Å². The van der Waals surface area contributed by atoms with Crippen molar-refractivity contribution in [3.05, 3.63) is 76.5 Å². The molecule has 1 amide bonds. The van der Waals surface area contributed by atoms with Gasteiger partial charge in [0.2, 0.25) is 29.1 Å². The zero-order chi connectivity index (χ0) is 22.0. The summed E-state index contributed by atoms with van der Waals surface area (Å²) in [6.45, 7) is 1.14. The molecule has 158 valence electrons. The quantitative estimate of drug-likeness (QED) is 0.337. The van der Waals surface area contributed by atoms with E-state index in [-0.39, 0.29) is 11.5 Å². The molecule has 0 saturated heterocycles. The molecule has 1 heterocycles. The molecule has 0 aliphatic carbocycles. The number of aryl methyl sites for hydroxylation is 1. The van der Waals surface area contributed by atoms with Gasteiger partial charge in [0.15, 0.2) is 11.5 Å². The van der Waals surface area contributed by atoms with Gasteiger partial charge in [-0.15, -0.1) is 0 Å². The maximum atomic E-state index is 13.6. The molecule has 0 aliphatic heterocycles. The van der Waals surface area contributed by atoms with Crippen LogP contribution in [0.4, 0.5) is 27.6 Å². The van der Waals surface area contributed by atoms with E-state index in [4.69, 9.17) is 13.9 Å². The fraction of sp³-hybridized carbons (Fsp3) is 0.150. The van der Waals surface area contributed by atoms with Crippen molar-refractivity contribution in [2.24, 2.45) is 0 Å². The Morgan fingerprint density at radius 2 is 1.60 bits per heavy atom. The smallest absolute Gasteiger partial charge is 0.291 e. The number of methoxy groups -OCH3 is 1. The van der Waals surface area contributed by atoms with Crippen molar-refractivity contribution in [3.8, 4) is 11.5 Å². The summed E-state index contributed by atoms with van der Waals surface area (Å²) in [5.74, 6) is -12.7. The Labute approximate surface area is 167 Å². The minimum atomic E-state index is -2.29. The van der Waals surface area contributed by atoms with Crippen molar-refractivity contribution >= 4 is 11.6 Å². The molecule has 0 aliphatic rings. The summed E-state index contributed by atoms with van der Waals surface area (Å²) in [6.07, 6.45) is 0. The number of amides is 1. The number of hydrogen-bond acceptors (Lipinski definition) is 4. The lowest BCUT2D eigenvalue weighted by molar-refractivity contribution is 0.0991. The number of benzene rings is 2. The third-order valence-electron chi connectivity index (χ3n) is 4.02. The lowest BCUT2D eigenvalue weighted by atomic mass is 10.2. The predicted octanol–water partition coefficient (Wildman–Crippen LogP) is 5.12. The molecule has 0 radical (unpaired) electrons. The van der Waals surface area contributed by atoms with Crippen molar-refractivity contribution < 1.29 is 40.6 Å². The van der Waals surface area contributed by atoms with Crippen LogP contribution in [0.3, 0.4) is 0 Å². The standard InChI is InChI=1S/C20H14F5NO4/c1-9-3-5-12(28-2)11(7-9)26-20(27)13-6-4-10(30-13)8-29-19-17(24)15(22)14(21)16(23)18(19)25/h3-7H,8H2,1-2H3,(H,26,27). The van der Waals surface area contributed by atoms with Gasteiger partial charge >= 0.3 is 0 Å². The van der Waals surface area contributed by atoms with E-state index in [1.807, 2.05) is 6.92 Å². The minimum Gasteiger partial charge on any atom is -0.495 e. The van der Waals surface area contributed by atoms with Crippen molar-refractivity contribution in [2.45, 2.75) is 13.5 Å². The molecule has 0 atom stereocenters. The average Bonchev–Trinajstić information content (AvgIpc) is 3.20. The van der Waals surface area contributed by atoms with Crippen molar-refractivity contribution in [3.63, 3.8) is 0 Å². The van der Waals surface area contributed by atoms with Gasteiger partial charge in [-0.3, -0.25) is 4.79 Å². The van der Waals surface area contributed by atoms with E-state index < -0.39 is 47.3 Å². The fourth-order valence-corrected chi connectivity index (χ4v) is 2.54. The minimum absolute atomic E-state index is 0.0831. The Morgan fingerprint density at radius 3 is 2.23 bits per heavy atom. The van der Waals surface area contributed by atoms with Gasteiger partial charge in [0.05, 0.1) is 12.8 Å². The van der Waals surface area contributed by atoms with E-state index in [1.54, 1.807) is 18.2 Å². The van der Waals surface area contributed by atoms with Crippen LogP contribution in [0.15, 0.2) is 34.7 Å². The average molecular weight is 427 g/mol. The molecule has 3 aromatic rings. The van der Waals surface area contributed by atoms with Crippen LogP contribution in [0.2, 0.25) is 0 Å². The molecule has 3 rings (SSSR count). The zero-order valence-corrected chi connectivity index (χ0v) is 15.6. The molecular weight excluding hydrogens is 413 g/mol. The Morgan fingerprint density at radius 1 is 0.967 bits per heavy atom. The third-order valence-corrected chi connectivity index (χ3v) is 4.02. The Balaban J connectivity index is 1.74. The summed E-state index contributed by atoms with van der Waals surface area (Å²) in [4.78, 5) is 12.4. The van der Waals surface area contributed by atoms with E-state index in [1.165, 1.54) is 19.2 Å². The van der Waals surface area contributed by atoms with Crippen LogP contribution in [0, 0.1) is 36.0 Å². The molecule has 2 aromatic carbocycles. The first kappa shape index (κ1) is 21.2. The number of rotatable bonds is 6. The monoisotopic (exact) mass is 427 g/mol. The van der Waals surface area contributed by atoms with Crippen molar-refractivity contribution in [2.75, 3.05) is 12.4 Å². The topological polar surface area (TPSA) is 60.7 Å². The molecule has 0 unspecified atom stereocenters. The molecule has 5 nitrogen and oxygen atoms in total. The van der Waals surface area contributed by atoms with E-state index in [9.17, 15) is 26.7 Å². The SMILES string of the molecule is COc1ccc(C)cc1NC(=O)c1ccc(COc2c(F)c(F)c(F)c(F)c2F)o1. The highest BCUT2D eigenvalue weighted by Crippen LogP contribution is 2.30. The number of furan rings is 1. The van der Waals surface area contributed by atoms with Crippen LogP contribution in [0.1, 0.15) is 21.9 Å². The van der Waals surface area contributed by atoms with Crippen molar-refractivity contribution in [1.82, 2.24) is 0 Å². The normalized spacial score (nSPS) is 10.8. The predicted molar refractivity (Wildman–Crippen MR) is 95.0 cm³/mol. The van der Waals surface area contributed by atoms with Gasteiger partial charge < -0.3 is 19.2 Å². The number of halogens is 5. The van der Waals surface area contributed by atoms with Gasteiger partial charge in [-0.1, -0.05) is 6.07 Å². The maximum Gasteiger partial charge on any atom is 0.291 e. The molecule has 1 aromatic heterocycles. The molecule has 1 N–H and O–H groups in total. The first-order valence-corrected chi connectivity index (χ1v) is 8.41. The number of carbonyl (C=O) groups is 1. The fourth-order valence-electron chi connectivity index (χ4n) is 2.54. The highest BCUT2D eigenvalue weighted by Gasteiger charge is 2.27. The van der Waals surface area contributed by atoms with Crippen LogP contribution >= 0.6 is 0 Å². The van der Waals surface area contributed by atoms with E-state index in [0.29, 0.717) is 11.4 Å². The number of carbonyl (C=O) groups excluding carboxylic acids is 1. The van der Waals surface area contributed by atoms with E-state index >= 15 is 0 Å². The Bertz CT molecular complexity index is 1080. The van der Waals surface area contributed by atoms with Crippen LogP contribution in [0.25, 0.3) is 0 Å². The highest BCUT2D eigenvalue weighted by atomic mass is 19.2. The summed E-state index contributed by atoms with van der Waals surface area (Å²) < 4.78 is 81.8. The second kappa shape index (κ2) is 8.44. The largest absolute Gasteiger partial charge is 0.495 e. The maximum absolute atomic E-state index is 13.6. The van der Waals surface area contributed by atoms with Crippen LogP contribution in [-0.4, -0.2) is 13.0 Å². The third kappa shape index (κ3) is 4.07. The number of ether oxygens (including phenoxy) is 2. The Kier molecular flexibility index (Phi) is 5.95. The van der Waals surface area contributed by atoms with Crippen LogP contribution < -0.4 is 14.8 Å². The molecule has 30 heavy (non-hydrogen) atoms. The molecule has 0 spiro atoms. The molecule has 0 saturated carbocycles. The lowest BCUT2D eigenvalue weighted by Crippen LogP contribution is -2.12. The summed E-state index contributed by atoms with van der Waals surface area (Å²) in [5, 5.41) is 2.59. The number of anilines is 1. The van der Waals surface area contributed by atoms with Crippen LogP contribution in [-0.2, 0) is 6.61 Å². The van der Waals surface area contributed by atoms with Gasteiger partial charge in [-0.2, -0.15) is 8.78 Å². The first-order valence-electron chi connectivity index (χ1n) is 8.41.